The fourth-order valence-electron chi connectivity index (χ4n) is 5.88. The summed E-state index contributed by atoms with van der Waals surface area (Å²) in [6.07, 6.45) is 10.1. The SMILES string of the molecule is Clc1cc(-c2ccccc2C2=CC=C(c3ccccn3)CC2)cc(-c2ccccc2-c2ccc(-c3ccccn3)cc2)c1. The molecule has 0 saturated heterocycles. The van der Waals surface area contributed by atoms with Crippen molar-refractivity contribution >= 4 is 22.7 Å². The van der Waals surface area contributed by atoms with Gasteiger partial charge in [0.2, 0.25) is 0 Å². The maximum absolute atomic E-state index is 6.82. The van der Waals surface area contributed by atoms with Crippen LogP contribution in [0.5, 0.6) is 0 Å². The lowest BCUT2D eigenvalue weighted by Crippen LogP contribution is -1.97. The van der Waals surface area contributed by atoms with Crippen LogP contribution in [0.2, 0.25) is 5.02 Å². The van der Waals surface area contributed by atoms with E-state index in [1.165, 1.54) is 27.8 Å². The number of aromatic nitrogens is 2. The molecular weight excluding hydrogens is 544 g/mol. The zero-order chi connectivity index (χ0) is 29.0. The highest BCUT2D eigenvalue weighted by molar-refractivity contribution is 6.31. The predicted molar refractivity (Wildman–Crippen MR) is 180 cm³/mol. The molecule has 3 heteroatoms. The molecule has 0 spiro atoms. The van der Waals surface area contributed by atoms with Crippen molar-refractivity contribution in [1.82, 2.24) is 9.97 Å². The van der Waals surface area contributed by atoms with Gasteiger partial charge in [0.15, 0.2) is 0 Å². The molecule has 0 radical (unpaired) electrons. The van der Waals surface area contributed by atoms with Gasteiger partial charge in [-0.25, -0.2) is 0 Å². The summed E-state index contributed by atoms with van der Waals surface area (Å²) in [6, 6.07) is 44.3. The normalized spacial score (nSPS) is 12.9. The highest BCUT2D eigenvalue weighted by Gasteiger charge is 2.16. The second kappa shape index (κ2) is 12.1. The monoisotopic (exact) mass is 572 g/mol. The fourth-order valence-corrected chi connectivity index (χ4v) is 6.12. The van der Waals surface area contributed by atoms with Gasteiger partial charge < -0.3 is 0 Å². The Morgan fingerprint density at radius 1 is 0.419 bits per heavy atom. The Labute approximate surface area is 257 Å². The molecule has 6 aromatic rings. The van der Waals surface area contributed by atoms with Gasteiger partial charge in [0.05, 0.1) is 11.4 Å². The molecule has 1 aliphatic carbocycles. The van der Waals surface area contributed by atoms with Gasteiger partial charge in [0.25, 0.3) is 0 Å². The molecule has 0 saturated carbocycles. The van der Waals surface area contributed by atoms with Crippen LogP contribution in [0, 0.1) is 0 Å². The Bertz CT molecular complexity index is 1960. The third-order valence-corrected chi connectivity index (χ3v) is 8.24. The van der Waals surface area contributed by atoms with Crippen molar-refractivity contribution in [3.05, 3.63) is 168 Å². The van der Waals surface area contributed by atoms with E-state index in [1.807, 2.05) is 42.7 Å². The Hall–Kier alpha value is -5.05. The molecule has 43 heavy (non-hydrogen) atoms. The summed E-state index contributed by atoms with van der Waals surface area (Å²) in [7, 11) is 0. The maximum Gasteiger partial charge on any atom is 0.0701 e. The number of allylic oxidation sites excluding steroid dienone is 4. The minimum atomic E-state index is 0.720. The van der Waals surface area contributed by atoms with E-state index in [1.54, 1.807) is 0 Å². The van der Waals surface area contributed by atoms with Gasteiger partial charge in [-0.05, 0) is 105 Å². The van der Waals surface area contributed by atoms with Gasteiger partial charge in [-0.1, -0.05) is 109 Å². The zero-order valence-electron chi connectivity index (χ0n) is 23.6. The third kappa shape index (κ3) is 5.70. The first-order chi connectivity index (χ1) is 21.2. The van der Waals surface area contributed by atoms with Crippen molar-refractivity contribution in [3.63, 3.8) is 0 Å². The molecule has 0 aliphatic heterocycles. The average molecular weight is 573 g/mol. The van der Waals surface area contributed by atoms with Gasteiger partial charge in [-0.2, -0.15) is 0 Å². The maximum atomic E-state index is 6.82. The van der Waals surface area contributed by atoms with Crippen LogP contribution in [0.3, 0.4) is 0 Å². The van der Waals surface area contributed by atoms with Crippen molar-refractivity contribution in [2.45, 2.75) is 12.8 Å². The van der Waals surface area contributed by atoms with Crippen LogP contribution in [0.25, 0.3) is 55.8 Å². The van der Waals surface area contributed by atoms with E-state index in [4.69, 9.17) is 11.6 Å². The fraction of sp³-hybridized carbons (Fsp3) is 0.0500. The molecule has 0 bridgehead atoms. The molecule has 2 aromatic heterocycles. The van der Waals surface area contributed by atoms with E-state index in [0.29, 0.717) is 0 Å². The standard InChI is InChI=1S/C40H29ClN2/c41-34-26-32(37-11-3-1-9-35(37)28-15-19-30(20-16-28)39-13-5-7-23-42-39)25-33(27-34)38-12-4-2-10-36(38)29-17-21-31(22-18-29)40-14-6-8-24-43-40/h1-17,19-21,23-27H,18,22H2. The van der Waals surface area contributed by atoms with E-state index < -0.39 is 0 Å². The molecule has 0 N–H and O–H groups in total. The van der Waals surface area contributed by atoms with Crippen LogP contribution in [0.15, 0.2) is 152 Å². The smallest absolute Gasteiger partial charge is 0.0701 e. The zero-order valence-corrected chi connectivity index (χ0v) is 24.4. The van der Waals surface area contributed by atoms with E-state index in [0.717, 1.165) is 57.1 Å². The van der Waals surface area contributed by atoms with Crippen molar-refractivity contribution < 1.29 is 0 Å². The first-order valence-electron chi connectivity index (χ1n) is 14.6. The minimum absolute atomic E-state index is 0.720. The van der Waals surface area contributed by atoms with Gasteiger partial charge in [-0.3, -0.25) is 9.97 Å². The Kier molecular flexibility index (Phi) is 7.52. The molecule has 2 nitrogen and oxygen atoms in total. The van der Waals surface area contributed by atoms with Crippen LogP contribution in [0.1, 0.15) is 24.1 Å². The number of hydrogen-bond donors (Lipinski definition) is 0. The molecule has 2 heterocycles. The lowest BCUT2D eigenvalue weighted by atomic mass is 9.86. The summed E-state index contributed by atoms with van der Waals surface area (Å²) in [5, 5.41) is 0.720. The van der Waals surface area contributed by atoms with Gasteiger partial charge >= 0.3 is 0 Å². The topological polar surface area (TPSA) is 25.8 Å². The Balaban J connectivity index is 1.25. The third-order valence-electron chi connectivity index (χ3n) is 8.02. The largest absolute Gasteiger partial charge is 0.257 e. The highest BCUT2D eigenvalue weighted by Crippen LogP contribution is 2.40. The van der Waals surface area contributed by atoms with E-state index in [-0.39, 0.29) is 0 Å². The summed E-state index contributed by atoms with van der Waals surface area (Å²) in [6.45, 7) is 0. The van der Waals surface area contributed by atoms with E-state index >= 15 is 0 Å². The predicted octanol–water partition coefficient (Wildman–Crippen LogP) is 11.1. The number of nitrogens with zero attached hydrogens (tertiary/aromatic N) is 2. The first-order valence-corrected chi connectivity index (χ1v) is 14.9. The molecule has 0 unspecified atom stereocenters. The molecule has 1 aliphatic rings. The number of pyridine rings is 2. The van der Waals surface area contributed by atoms with Crippen LogP contribution in [0.4, 0.5) is 0 Å². The van der Waals surface area contributed by atoms with Crippen molar-refractivity contribution in [3.8, 4) is 44.6 Å². The molecule has 7 rings (SSSR count). The average Bonchev–Trinajstić information content (AvgIpc) is 3.09. The van der Waals surface area contributed by atoms with Crippen LogP contribution >= 0.6 is 11.6 Å². The highest BCUT2D eigenvalue weighted by atomic mass is 35.5. The summed E-state index contributed by atoms with van der Waals surface area (Å²) in [4.78, 5) is 9.04. The lowest BCUT2D eigenvalue weighted by molar-refractivity contribution is 1.05. The summed E-state index contributed by atoms with van der Waals surface area (Å²) < 4.78 is 0. The Morgan fingerprint density at radius 3 is 1.49 bits per heavy atom. The quantitative estimate of drug-likeness (QED) is 0.198. The summed E-state index contributed by atoms with van der Waals surface area (Å²) in [5.41, 5.74) is 13.8. The second-order valence-electron chi connectivity index (χ2n) is 10.7. The lowest BCUT2D eigenvalue weighted by Gasteiger charge is -2.19. The molecule has 206 valence electrons. The van der Waals surface area contributed by atoms with E-state index in [9.17, 15) is 0 Å². The molecule has 4 aromatic carbocycles. The van der Waals surface area contributed by atoms with Crippen molar-refractivity contribution in [2.75, 3.05) is 0 Å². The van der Waals surface area contributed by atoms with Crippen molar-refractivity contribution in [2.24, 2.45) is 0 Å². The Morgan fingerprint density at radius 2 is 0.907 bits per heavy atom. The summed E-state index contributed by atoms with van der Waals surface area (Å²) >= 11 is 6.82. The summed E-state index contributed by atoms with van der Waals surface area (Å²) in [5.74, 6) is 0. The number of hydrogen-bond acceptors (Lipinski definition) is 2. The van der Waals surface area contributed by atoms with Crippen LogP contribution in [-0.4, -0.2) is 9.97 Å². The number of rotatable bonds is 6. The van der Waals surface area contributed by atoms with Crippen LogP contribution < -0.4 is 0 Å². The van der Waals surface area contributed by atoms with Gasteiger partial charge in [0.1, 0.15) is 0 Å². The second-order valence-corrected chi connectivity index (χ2v) is 11.1. The van der Waals surface area contributed by atoms with E-state index in [2.05, 4.69) is 119 Å². The van der Waals surface area contributed by atoms with Crippen molar-refractivity contribution in [1.29, 1.82) is 0 Å². The molecule has 0 fully saturated rings. The molecule has 0 amide bonds. The number of benzene rings is 4. The van der Waals surface area contributed by atoms with Gasteiger partial charge in [-0.15, -0.1) is 0 Å². The van der Waals surface area contributed by atoms with Crippen LogP contribution in [-0.2, 0) is 0 Å². The molecule has 0 atom stereocenters. The molecular formula is C40H29ClN2. The first kappa shape index (κ1) is 26.8. The van der Waals surface area contributed by atoms with Gasteiger partial charge in [0, 0.05) is 23.0 Å². The minimum Gasteiger partial charge on any atom is -0.257 e. The number of halogens is 1.